The number of carbonyl (C=O) groups is 2. The molecule has 2 aliphatic rings. The number of anilines is 1. The Hall–Kier alpha value is -2.42. The minimum atomic E-state index is 0.0570. The predicted molar refractivity (Wildman–Crippen MR) is 108 cm³/mol. The Labute approximate surface area is 168 Å². The summed E-state index contributed by atoms with van der Waals surface area (Å²) in [7, 11) is 0. The summed E-state index contributed by atoms with van der Waals surface area (Å²) >= 11 is 1.57. The van der Waals surface area contributed by atoms with Gasteiger partial charge in [0.25, 0.3) is 0 Å². The SMILES string of the molecule is O=C(NCCCN1CCCC1=O)C1CCN(c2nnc(-n3cccc3)s2)CC1. The number of carbonyl (C=O) groups excluding carboxylic acids is 2. The first-order valence-electron chi connectivity index (χ1n) is 9.98. The Bertz CT molecular complexity index is 797. The summed E-state index contributed by atoms with van der Waals surface area (Å²) in [6.45, 7) is 3.89. The number of aromatic nitrogens is 3. The van der Waals surface area contributed by atoms with E-state index in [0.717, 1.165) is 62.1 Å². The van der Waals surface area contributed by atoms with Gasteiger partial charge in [0.1, 0.15) is 0 Å². The van der Waals surface area contributed by atoms with Crippen LogP contribution in [0.5, 0.6) is 0 Å². The zero-order valence-corrected chi connectivity index (χ0v) is 16.7. The summed E-state index contributed by atoms with van der Waals surface area (Å²) in [4.78, 5) is 28.1. The van der Waals surface area contributed by atoms with Crippen molar-refractivity contribution in [1.82, 2.24) is 25.0 Å². The Kier molecular flexibility index (Phi) is 5.90. The number of amides is 2. The van der Waals surface area contributed by atoms with Crippen molar-refractivity contribution in [1.29, 1.82) is 0 Å². The summed E-state index contributed by atoms with van der Waals surface area (Å²) in [5.41, 5.74) is 0. The lowest BCUT2D eigenvalue weighted by Gasteiger charge is -2.30. The first-order valence-corrected chi connectivity index (χ1v) is 10.8. The molecule has 0 radical (unpaired) electrons. The number of likely N-dealkylation sites (tertiary alicyclic amines) is 1. The molecule has 150 valence electrons. The third-order valence-electron chi connectivity index (χ3n) is 5.44. The van der Waals surface area contributed by atoms with Crippen LogP contribution in [0.1, 0.15) is 32.1 Å². The third-order valence-corrected chi connectivity index (χ3v) is 6.44. The highest BCUT2D eigenvalue weighted by molar-refractivity contribution is 7.17. The van der Waals surface area contributed by atoms with Gasteiger partial charge in [0.15, 0.2) is 0 Å². The molecule has 0 atom stereocenters. The number of rotatable bonds is 7. The van der Waals surface area contributed by atoms with E-state index >= 15 is 0 Å². The van der Waals surface area contributed by atoms with Crippen LogP contribution in [0.2, 0.25) is 0 Å². The molecule has 4 rings (SSSR count). The second-order valence-corrected chi connectivity index (χ2v) is 8.28. The molecular weight excluding hydrogens is 376 g/mol. The molecule has 0 aliphatic carbocycles. The number of hydrogen-bond acceptors (Lipinski definition) is 6. The molecule has 9 heteroatoms. The molecule has 0 saturated carbocycles. The maximum atomic E-state index is 12.4. The van der Waals surface area contributed by atoms with Crippen LogP contribution in [0.15, 0.2) is 24.5 Å². The first kappa shape index (κ1) is 18.9. The van der Waals surface area contributed by atoms with E-state index in [1.165, 1.54) is 0 Å². The zero-order chi connectivity index (χ0) is 19.3. The largest absolute Gasteiger partial charge is 0.356 e. The topological polar surface area (TPSA) is 83.4 Å². The fraction of sp³-hybridized carbons (Fsp3) is 0.579. The fourth-order valence-electron chi connectivity index (χ4n) is 3.80. The molecule has 1 N–H and O–H groups in total. The monoisotopic (exact) mass is 402 g/mol. The highest BCUT2D eigenvalue weighted by Gasteiger charge is 2.26. The maximum absolute atomic E-state index is 12.4. The molecule has 0 aromatic carbocycles. The predicted octanol–water partition coefficient (Wildman–Crippen LogP) is 1.67. The van der Waals surface area contributed by atoms with E-state index in [-0.39, 0.29) is 17.7 Å². The average Bonchev–Trinajstić information content (AvgIpc) is 3.47. The number of piperidine rings is 1. The van der Waals surface area contributed by atoms with Crippen molar-refractivity contribution in [3.05, 3.63) is 24.5 Å². The summed E-state index contributed by atoms with van der Waals surface area (Å²) < 4.78 is 1.96. The van der Waals surface area contributed by atoms with Gasteiger partial charge in [0, 0.05) is 57.5 Å². The molecule has 2 aromatic rings. The van der Waals surface area contributed by atoms with E-state index in [4.69, 9.17) is 0 Å². The third kappa shape index (κ3) is 4.35. The van der Waals surface area contributed by atoms with E-state index in [1.807, 2.05) is 34.0 Å². The smallest absolute Gasteiger partial charge is 0.223 e. The van der Waals surface area contributed by atoms with Crippen LogP contribution in [0.25, 0.3) is 5.13 Å². The highest BCUT2D eigenvalue weighted by atomic mass is 32.1. The fourth-order valence-corrected chi connectivity index (χ4v) is 4.67. The van der Waals surface area contributed by atoms with Crippen molar-refractivity contribution in [2.45, 2.75) is 32.1 Å². The Balaban J connectivity index is 1.18. The summed E-state index contributed by atoms with van der Waals surface area (Å²) in [5.74, 6) is 0.439. The average molecular weight is 403 g/mol. The van der Waals surface area contributed by atoms with E-state index in [0.29, 0.717) is 13.0 Å². The van der Waals surface area contributed by atoms with Gasteiger partial charge < -0.3 is 15.1 Å². The molecule has 0 unspecified atom stereocenters. The van der Waals surface area contributed by atoms with E-state index < -0.39 is 0 Å². The molecule has 2 aliphatic heterocycles. The van der Waals surface area contributed by atoms with Crippen LogP contribution >= 0.6 is 11.3 Å². The molecule has 2 fully saturated rings. The molecule has 0 bridgehead atoms. The number of nitrogens with one attached hydrogen (secondary N) is 1. The van der Waals surface area contributed by atoms with Gasteiger partial charge >= 0.3 is 0 Å². The number of nitrogens with zero attached hydrogens (tertiary/aromatic N) is 5. The van der Waals surface area contributed by atoms with Crippen molar-refractivity contribution in [2.75, 3.05) is 37.6 Å². The van der Waals surface area contributed by atoms with E-state index in [1.54, 1.807) is 11.3 Å². The maximum Gasteiger partial charge on any atom is 0.223 e. The van der Waals surface area contributed by atoms with Crippen LogP contribution < -0.4 is 10.2 Å². The second-order valence-electron chi connectivity index (χ2n) is 7.35. The minimum absolute atomic E-state index is 0.0570. The van der Waals surface area contributed by atoms with E-state index in [2.05, 4.69) is 20.4 Å². The normalized spacial score (nSPS) is 18.1. The van der Waals surface area contributed by atoms with Gasteiger partial charge in [-0.15, -0.1) is 10.2 Å². The van der Waals surface area contributed by atoms with Crippen LogP contribution in [-0.4, -0.2) is 64.2 Å². The molecular formula is C19H26N6O2S. The second kappa shape index (κ2) is 8.72. The van der Waals surface area contributed by atoms with Gasteiger partial charge in [-0.05, 0) is 37.8 Å². The van der Waals surface area contributed by atoms with Gasteiger partial charge in [-0.3, -0.25) is 14.2 Å². The standard InChI is InChI=1S/C19H26N6O2S/c26-16-5-3-11-23(16)12-4-8-20-17(27)15-6-13-25(14-7-15)19-22-21-18(28-19)24-9-1-2-10-24/h1-2,9-10,15H,3-8,11-14H2,(H,20,27). The highest BCUT2D eigenvalue weighted by Crippen LogP contribution is 2.27. The summed E-state index contributed by atoms with van der Waals surface area (Å²) in [6, 6.07) is 3.93. The van der Waals surface area contributed by atoms with Gasteiger partial charge in [0.2, 0.25) is 22.1 Å². The summed E-state index contributed by atoms with van der Waals surface area (Å²) in [5, 5.41) is 13.4. The van der Waals surface area contributed by atoms with Gasteiger partial charge in [-0.1, -0.05) is 11.3 Å². The molecule has 8 nitrogen and oxygen atoms in total. The molecule has 2 amide bonds. The molecule has 4 heterocycles. The van der Waals surface area contributed by atoms with E-state index in [9.17, 15) is 9.59 Å². The van der Waals surface area contributed by atoms with Crippen LogP contribution in [0.3, 0.4) is 0 Å². The Morgan fingerprint density at radius 1 is 1.14 bits per heavy atom. The van der Waals surface area contributed by atoms with Crippen LogP contribution in [0, 0.1) is 5.92 Å². The number of hydrogen-bond donors (Lipinski definition) is 1. The van der Waals surface area contributed by atoms with Crippen LogP contribution in [-0.2, 0) is 9.59 Å². The van der Waals surface area contributed by atoms with Gasteiger partial charge in [0.05, 0.1) is 0 Å². The van der Waals surface area contributed by atoms with Crippen molar-refractivity contribution in [3.8, 4) is 5.13 Å². The van der Waals surface area contributed by atoms with Gasteiger partial charge in [-0.25, -0.2) is 0 Å². The van der Waals surface area contributed by atoms with Crippen molar-refractivity contribution in [2.24, 2.45) is 5.92 Å². The lowest BCUT2D eigenvalue weighted by Crippen LogP contribution is -2.41. The lowest BCUT2D eigenvalue weighted by molar-refractivity contribution is -0.127. The van der Waals surface area contributed by atoms with Crippen molar-refractivity contribution >= 4 is 28.3 Å². The summed E-state index contributed by atoms with van der Waals surface area (Å²) in [6.07, 6.45) is 8.03. The Morgan fingerprint density at radius 2 is 1.89 bits per heavy atom. The quantitative estimate of drug-likeness (QED) is 0.713. The lowest BCUT2D eigenvalue weighted by atomic mass is 9.96. The molecule has 28 heavy (non-hydrogen) atoms. The van der Waals surface area contributed by atoms with Crippen LogP contribution in [0.4, 0.5) is 5.13 Å². The first-order chi connectivity index (χ1) is 13.7. The van der Waals surface area contributed by atoms with Gasteiger partial charge in [-0.2, -0.15) is 0 Å². The van der Waals surface area contributed by atoms with Crippen molar-refractivity contribution in [3.63, 3.8) is 0 Å². The molecule has 2 aromatic heterocycles. The zero-order valence-electron chi connectivity index (χ0n) is 15.9. The molecule has 0 spiro atoms. The van der Waals surface area contributed by atoms with Crippen molar-refractivity contribution < 1.29 is 9.59 Å². The Morgan fingerprint density at radius 3 is 2.61 bits per heavy atom. The minimum Gasteiger partial charge on any atom is -0.356 e. The molecule has 2 saturated heterocycles.